The first kappa shape index (κ1) is 15.8. The maximum atomic E-state index is 11.8. The van der Waals surface area contributed by atoms with E-state index in [0.717, 1.165) is 0 Å². The van der Waals surface area contributed by atoms with E-state index < -0.39 is 17.9 Å². The molecular weight excluding hydrogens is 262 g/mol. The fourth-order valence-corrected chi connectivity index (χ4v) is 1.60. The van der Waals surface area contributed by atoms with Crippen LogP contribution in [-0.4, -0.2) is 32.1 Å². The van der Waals surface area contributed by atoms with Crippen molar-refractivity contribution in [3.8, 4) is 11.5 Å². The van der Waals surface area contributed by atoms with Crippen molar-refractivity contribution < 1.29 is 19.1 Å². The fraction of sp³-hybridized carbons (Fsp3) is 0.385. The molecule has 0 unspecified atom stereocenters. The maximum absolute atomic E-state index is 11.8. The number of ether oxygens (including phenoxy) is 2. The Bertz CT molecular complexity index is 517. The van der Waals surface area contributed by atoms with E-state index in [1.165, 1.54) is 26.4 Å². The third kappa shape index (κ3) is 3.39. The first-order valence-corrected chi connectivity index (χ1v) is 6.06. The topological polar surface area (TPSA) is 117 Å². The summed E-state index contributed by atoms with van der Waals surface area (Å²) in [5.41, 5.74) is 11.3. The van der Waals surface area contributed by atoms with E-state index in [4.69, 9.17) is 20.9 Å². The minimum absolute atomic E-state index is 0.124. The molecule has 0 aliphatic heterocycles. The molecule has 0 aromatic heterocycles. The van der Waals surface area contributed by atoms with E-state index in [-0.39, 0.29) is 11.3 Å². The Balaban J connectivity index is 3.22. The standard InChI is InChI=1S/C13H19N3O4/c1-4-8(14)13(18)16-9-6-11(20-3)10(19-2)5-7(9)12(15)17/h5-6,8H,4,14H2,1-3H3,(H2,15,17)(H,16,18)/t8-/m0/s1. The Kier molecular flexibility index (Phi) is 5.33. The zero-order valence-corrected chi connectivity index (χ0v) is 11.7. The summed E-state index contributed by atoms with van der Waals surface area (Å²) in [6.45, 7) is 1.79. The molecule has 110 valence electrons. The molecule has 1 aromatic rings. The van der Waals surface area contributed by atoms with Gasteiger partial charge in [-0.15, -0.1) is 0 Å². The number of carbonyl (C=O) groups is 2. The molecule has 0 saturated carbocycles. The first-order valence-electron chi connectivity index (χ1n) is 6.06. The van der Waals surface area contributed by atoms with Gasteiger partial charge in [-0.05, 0) is 12.5 Å². The number of carbonyl (C=O) groups excluding carboxylic acids is 2. The summed E-state index contributed by atoms with van der Waals surface area (Å²) in [5.74, 6) is -0.370. The average Bonchev–Trinajstić information content (AvgIpc) is 2.45. The van der Waals surface area contributed by atoms with Crippen LogP contribution < -0.4 is 26.3 Å². The smallest absolute Gasteiger partial charge is 0.250 e. The molecule has 0 spiro atoms. The van der Waals surface area contributed by atoms with Gasteiger partial charge in [0.2, 0.25) is 5.91 Å². The maximum Gasteiger partial charge on any atom is 0.250 e. The largest absolute Gasteiger partial charge is 0.493 e. The third-order valence-corrected chi connectivity index (χ3v) is 2.82. The second kappa shape index (κ2) is 6.76. The minimum Gasteiger partial charge on any atom is -0.493 e. The van der Waals surface area contributed by atoms with Crippen LogP contribution in [0, 0.1) is 0 Å². The number of nitrogens with one attached hydrogen (secondary N) is 1. The molecule has 1 atom stereocenters. The quantitative estimate of drug-likeness (QED) is 0.701. The molecule has 1 aromatic carbocycles. The Morgan fingerprint density at radius 2 is 1.80 bits per heavy atom. The Hall–Kier alpha value is -2.28. The van der Waals surface area contributed by atoms with E-state index in [0.29, 0.717) is 17.9 Å². The lowest BCUT2D eigenvalue weighted by Crippen LogP contribution is -2.35. The fourth-order valence-electron chi connectivity index (χ4n) is 1.60. The van der Waals surface area contributed by atoms with E-state index in [2.05, 4.69) is 5.32 Å². The van der Waals surface area contributed by atoms with Crippen LogP contribution >= 0.6 is 0 Å². The van der Waals surface area contributed by atoms with Gasteiger partial charge in [0.25, 0.3) is 5.91 Å². The van der Waals surface area contributed by atoms with Gasteiger partial charge in [0.15, 0.2) is 11.5 Å². The summed E-state index contributed by atoms with van der Waals surface area (Å²) in [6, 6.07) is 2.22. The second-order valence-electron chi connectivity index (χ2n) is 4.12. The normalized spacial score (nSPS) is 11.6. The van der Waals surface area contributed by atoms with Crippen LogP contribution in [-0.2, 0) is 4.79 Å². The number of anilines is 1. The lowest BCUT2D eigenvalue weighted by molar-refractivity contribution is -0.117. The summed E-state index contributed by atoms with van der Waals surface area (Å²) < 4.78 is 10.2. The van der Waals surface area contributed by atoms with Gasteiger partial charge in [-0.2, -0.15) is 0 Å². The van der Waals surface area contributed by atoms with Gasteiger partial charge >= 0.3 is 0 Å². The Morgan fingerprint density at radius 3 is 2.25 bits per heavy atom. The molecule has 0 bridgehead atoms. The molecule has 0 radical (unpaired) electrons. The van der Waals surface area contributed by atoms with Gasteiger partial charge in [-0.25, -0.2) is 0 Å². The predicted octanol–water partition coefficient (Wildman–Crippen LogP) is 0.478. The highest BCUT2D eigenvalue weighted by molar-refractivity contribution is 6.04. The number of rotatable bonds is 6. The summed E-state index contributed by atoms with van der Waals surface area (Å²) in [7, 11) is 2.89. The number of hydrogen-bond acceptors (Lipinski definition) is 5. The minimum atomic E-state index is -0.689. The van der Waals surface area contributed by atoms with Crippen molar-refractivity contribution in [3.05, 3.63) is 17.7 Å². The molecule has 7 heteroatoms. The number of benzene rings is 1. The molecule has 5 N–H and O–H groups in total. The lowest BCUT2D eigenvalue weighted by Gasteiger charge is -2.15. The van der Waals surface area contributed by atoms with Gasteiger partial charge in [0.05, 0.1) is 31.5 Å². The zero-order chi connectivity index (χ0) is 15.3. The van der Waals surface area contributed by atoms with Crippen LogP contribution in [0.2, 0.25) is 0 Å². The summed E-state index contributed by atoms with van der Waals surface area (Å²) >= 11 is 0. The Labute approximate surface area is 117 Å². The van der Waals surface area contributed by atoms with Crippen LogP contribution in [0.5, 0.6) is 11.5 Å². The van der Waals surface area contributed by atoms with Crippen LogP contribution in [0.3, 0.4) is 0 Å². The van der Waals surface area contributed by atoms with Crippen molar-refractivity contribution in [3.63, 3.8) is 0 Å². The third-order valence-electron chi connectivity index (χ3n) is 2.82. The number of primary amides is 1. The second-order valence-corrected chi connectivity index (χ2v) is 4.12. The van der Waals surface area contributed by atoms with Crippen LogP contribution in [0.15, 0.2) is 12.1 Å². The molecule has 0 aliphatic rings. The van der Waals surface area contributed by atoms with E-state index in [1.54, 1.807) is 6.92 Å². The van der Waals surface area contributed by atoms with Gasteiger partial charge in [0.1, 0.15) is 0 Å². The number of hydrogen-bond donors (Lipinski definition) is 3. The van der Waals surface area contributed by atoms with E-state index >= 15 is 0 Å². The lowest BCUT2D eigenvalue weighted by atomic mass is 10.1. The zero-order valence-electron chi connectivity index (χ0n) is 11.7. The van der Waals surface area contributed by atoms with Gasteiger partial charge in [-0.1, -0.05) is 6.92 Å². The monoisotopic (exact) mass is 281 g/mol. The summed E-state index contributed by atoms with van der Waals surface area (Å²) in [4.78, 5) is 23.3. The van der Waals surface area contributed by atoms with Gasteiger partial charge in [-0.3, -0.25) is 9.59 Å². The van der Waals surface area contributed by atoms with E-state index in [1.807, 2.05) is 0 Å². The van der Waals surface area contributed by atoms with Crippen molar-refractivity contribution in [1.29, 1.82) is 0 Å². The highest BCUT2D eigenvalue weighted by atomic mass is 16.5. The Morgan fingerprint density at radius 1 is 1.25 bits per heavy atom. The van der Waals surface area contributed by atoms with Gasteiger partial charge < -0.3 is 26.3 Å². The SMILES string of the molecule is CC[C@H](N)C(=O)Nc1cc(OC)c(OC)cc1C(N)=O. The van der Waals surface area contributed by atoms with Crippen molar-refractivity contribution in [2.24, 2.45) is 11.5 Å². The van der Waals surface area contributed by atoms with Crippen molar-refractivity contribution in [1.82, 2.24) is 0 Å². The first-order chi connectivity index (χ1) is 9.44. The van der Waals surface area contributed by atoms with Crippen molar-refractivity contribution in [2.45, 2.75) is 19.4 Å². The summed E-state index contributed by atoms with van der Waals surface area (Å²) in [5, 5.41) is 2.57. The van der Waals surface area contributed by atoms with E-state index in [9.17, 15) is 9.59 Å². The number of nitrogens with two attached hydrogens (primary N) is 2. The molecule has 0 aliphatic carbocycles. The van der Waals surface area contributed by atoms with Crippen LogP contribution in [0.4, 0.5) is 5.69 Å². The molecule has 0 saturated heterocycles. The van der Waals surface area contributed by atoms with Crippen LogP contribution in [0.25, 0.3) is 0 Å². The predicted molar refractivity (Wildman–Crippen MR) is 75.0 cm³/mol. The average molecular weight is 281 g/mol. The van der Waals surface area contributed by atoms with Crippen LogP contribution in [0.1, 0.15) is 23.7 Å². The highest BCUT2D eigenvalue weighted by Gasteiger charge is 2.18. The van der Waals surface area contributed by atoms with Crippen molar-refractivity contribution in [2.75, 3.05) is 19.5 Å². The molecule has 0 fully saturated rings. The molecule has 1 rings (SSSR count). The molecule has 0 heterocycles. The highest BCUT2D eigenvalue weighted by Crippen LogP contribution is 2.33. The molecular formula is C13H19N3O4. The number of amides is 2. The van der Waals surface area contributed by atoms with Gasteiger partial charge in [0, 0.05) is 6.07 Å². The molecule has 7 nitrogen and oxygen atoms in total. The summed E-state index contributed by atoms with van der Waals surface area (Å²) in [6.07, 6.45) is 0.477. The molecule has 2 amide bonds. The number of methoxy groups -OCH3 is 2. The molecule has 20 heavy (non-hydrogen) atoms. The van der Waals surface area contributed by atoms with Crippen molar-refractivity contribution >= 4 is 17.5 Å².